The minimum atomic E-state index is -0.343. The maximum Gasteiger partial charge on any atom is 0.323 e. The predicted molar refractivity (Wildman–Crippen MR) is 70.1 cm³/mol. The molecule has 1 aromatic rings. The molecule has 18 heavy (non-hydrogen) atoms. The molecule has 0 aromatic carbocycles. The van der Waals surface area contributed by atoms with Gasteiger partial charge in [-0.15, -0.1) is 0 Å². The van der Waals surface area contributed by atoms with Gasteiger partial charge in [-0.05, 0) is 20.3 Å². The number of hydrogen-bond donors (Lipinski definition) is 2. The fourth-order valence-electron chi connectivity index (χ4n) is 1.30. The third-order valence-corrected chi connectivity index (χ3v) is 2.32. The lowest BCUT2D eigenvalue weighted by Crippen LogP contribution is -2.24. The summed E-state index contributed by atoms with van der Waals surface area (Å²) < 4.78 is 5.29. The zero-order valence-corrected chi connectivity index (χ0v) is 11.3. The van der Waals surface area contributed by atoms with Crippen LogP contribution in [0.3, 0.4) is 0 Å². The molecule has 1 rings (SSSR count). The molecule has 0 spiro atoms. The molecule has 7 heteroatoms. The summed E-state index contributed by atoms with van der Waals surface area (Å²) in [6, 6.07) is 0.302. The summed E-state index contributed by atoms with van der Waals surface area (Å²) in [5.41, 5.74) is 0. The van der Waals surface area contributed by atoms with Crippen LogP contribution in [-0.4, -0.2) is 53.4 Å². The number of aliphatic hydroxyl groups is 1. The van der Waals surface area contributed by atoms with E-state index >= 15 is 0 Å². The Hall–Kier alpha value is -1.63. The van der Waals surface area contributed by atoms with E-state index in [1.54, 1.807) is 14.0 Å². The first-order valence-electron chi connectivity index (χ1n) is 6.02. The molecule has 1 aromatic heterocycles. The smallest absolute Gasteiger partial charge is 0.323 e. The summed E-state index contributed by atoms with van der Waals surface area (Å²) in [4.78, 5) is 14.4. The van der Waals surface area contributed by atoms with Gasteiger partial charge in [0.25, 0.3) is 0 Å². The molecule has 2 N–H and O–H groups in total. The van der Waals surface area contributed by atoms with E-state index in [1.807, 2.05) is 18.9 Å². The highest BCUT2D eigenvalue weighted by molar-refractivity contribution is 5.37. The fourth-order valence-corrected chi connectivity index (χ4v) is 1.30. The van der Waals surface area contributed by atoms with Gasteiger partial charge < -0.3 is 20.1 Å². The standard InChI is InChI=1S/C11H21N5O2/c1-5-18-11-14-9(12-3)13-10(15-11)16(4)7-6-8(2)17/h8,17H,5-7H2,1-4H3,(H,12,13,14,15). The largest absolute Gasteiger partial charge is 0.464 e. The number of anilines is 2. The van der Waals surface area contributed by atoms with Crippen molar-refractivity contribution >= 4 is 11.9 Å². The van der Waals surface area contributed by atoms with Crippen molar-refractivity contribution in [3.05, 3.63) is 0 Å². The SMILES string of the molecule is CCOc1nc(NC)nc(N(C)CCC(C)O)n1. The van der Waals surface area contributed by atoms with Gasteiger partial charge in [0, 0.05) is 20.6 Å². The van der Waals surface area contributed by atoms with Gasteiger partial charge >= 0.3 is 6.01 Å². The lowest BCUT2D eigenvalue weighted by atomic mass is 10.3. The monoisotopic (exact) mass is 255 g/mol. The first-order chi connectivity index (χ1) is 8.56. The van der Waals surface area contributed by atoms with Crippen LogP contribution >= 0.6 is 0 Å². The quantitative estimate of drug-likeness (QED) is 0.734. The number of rotatable bonds is 7. The van der Waals surface area contributed by atoms with Gasteiger partial charge in [0.05, 0.1) is 12.7 Å². The average Bonchev–Trinajstić information content (AvgIpc) is 2.35. The van der Waals surface area contributed by atoms with Crippen LogP contribution in [0, 0.1) is 0 Å². The van der Waals surface area contributed by atoms with E-state index in [-0.39, 0.29) is 6.10 Å². The van der Waals surface area contributed by atoms with Crippen molar-refractivity contribution in [2.45, 2.75) is 26.4 Å². The van der Waals surface area contributed by atoms with Crippen LogP contribution in [0.1, 0.15) is 20.3 Å². The maximum absolute atomic E-state index is 9.27. The van der Waals surface area contributed by atoms with Gasteiger partial charge in [-0.25, -0.2) is 0 Å². The zero-order chi connectivity index (χ0) is 13.5. The summed E-state index contributed by atoms with van der Waals surface area (Å²) in [5.74, 6) is 0.991. The van der Waals surface area contributed by atoms with Crippen LogP contribution in [0.2, 0.25) is 0 Å². The first-order valence-corrected chi connectivity index (χ1v) is 6.02. The van der Waals surface area contributed by atoms with Crippen molar-refractivity contribution in [1.82, 2.24) is 15.0 Å². The Labute approximate surface area is 107 Å². The minimum Gasteiger partial charge on any atom is -0.464 e. The molecule has 0 aliphatic heterocycles. The molecular weight excluding hydrogens is 234 g/mol. The molecular formula is C11H21N5O2. The van der Waals surface area contributed by atoms with Crippen molar-refractivity contribution < 1.29 is 9.84 Å². The normalized spacial score (nSPS) is 12.1. The lowest BCUT2D eigenvalue weighted by Gasteiger charge is -2.18. The number of ether oxygens (including phenoxy) is 1. The molecule has 0 aliphatic rings. The Kier molecular flexibility index (Phi) is 5.57. The van der Waals surface area contributed by atoms with E-state index in [0.29, 0.717) is 37.5 Å². The summed E-state index contributed by atoms with van der Waals surface area (Å²) in [5, 5.41) is 12.1. The van der Waals surface area contributed by atoms with Gasteiger partial charge in [0.2, 0.25) is 11.9 Å². The van der Waals surface area contributed by atoms with Crippen LogP contribution in [0.15, 0.2) is 0 Å². The molecule has 1 heterocycles. The molecule has 0 radical (unpaired) electrons. The Morgan fingerprint density at radius 2 is 2.11 bits per heavy atom. The highest BCUT2D eigenvalue weighted by atomic mass is 16.5. The van der Waals surface area contributed by atoms with Crippen LogP contribution in [0.4, 0.5) is 11.9 Å². The van der Waals surface area contributed by atoms with Crippen molar-refractivity contribution in [3.8, 4) is 6.01 Å². The number of nitrogens with one attached hydrogen (secondary N) is 1. The molecule has 0 fully saturated rings. The predicted octanol–water partition coefficient (Wildman–Crippen LogP) is 0.519. The molecule has 1 unspecified atom stereocenters. The fraction of sp³-hybridized carbons (Fsp3) is 0.727. The highest BCUT2D eigenvalue weighted by Crippen LogP contribution is 2.14. The first kappa shape index (κ1) is 14.4. The van der Waals surface area contributed by atoms with Gasteiger partial charge in [-0.3, -0.25) is 0 Å². The van der Waals surface area contributed by atoms with Crippen molar-refractivity contribution in [2.24, 2.45) is 0 Å². The molecule has 102 valence electrons. The molecule has 7 nitrogen and oxygen atoms in total. The second-order valence-corrected chi connectivity index (χ2v) is 3.98. The van der Waals surface area contributed by atoms with Crippen LogP contribution in [0.5, 0.6) is 6.01 Å². The minimum absolute atomic E-state index is 0.302. The van der Waals surface area contributed by atoms with E-state index < -0.39 is 0 Å². The van der Waals surface area contributed by atoms with Gasteiger partial charge in [0.1, 0.15) is 0 Å². The van der Waals surface area contributed by atoms with E-state index in [9.17, 15) is 5.11 Å². The van der Waals surface area contributed by atoms with Crippen molar-refractivity contribution in [1.29, 1.82) is 0 Å². The molecule has 0 amide bonds. The number of aliphatic hydroxyl groups excluding tert-OH is 1. The van der Waals surface area contributed by atoms with E-state index in [2.05, 4.69) is 20.3 Å². The van der Waals surface area contributed by atoms with Crippen molar-refractivity contribution in [2.75, 3.05) is 37.5 Å². The van der Waals surface area contributed by atoms with Crippen LogP contribution < -0.4 is 15.0 Å². The third kappa shape index (κ3) is 4.33. The number of nitrogens with zero attached hydrogens (tertiary/aromatic N) is 4. The maximum atomic E-state index is 9.27. The molecule has 0 aliphatic carbocycles. The van der Waals surface area contributed by atoms with E-state index in [4.69, 9.17) is 4.74 Å². The topological polar surface area (TPSA) is 83.4 Å². The third-order valence-electron chi connectivity index (χ3n) is 2.32. The Balaban J connectivity index is 2.82. The molecule has 1 atom stereocenters. The highest BCUT2D eigenvalue weighted by Gasteiger charge is 2.11. The second kappa shape index (κ2) is 6.95. The van der Waals surface area contributed by atoms with E-state index in [0.717, 1.165) is 0 Å². The molecule has 0 saturated carbocycles. The second-order valence-electron chi connectivity index (χ2n) is 3.98. The summed E-state index contributed by atoms with van der Waals surface area (Å²) in [6.07, 6.45) is 0.311. The van der Waals surface area contributed by atoms with Gasteiger partial charge in [-0.1, -0.05) is 0 Å². The van der Waals surface area contributed by atoms with Crippen LogP contribution in [0.25, 0.3) is 0 Å². The van der Waals surface area contributed by atoms with Gasteiger partial charge in [-0.2, -0.15) is 15.0 Å². The molecule has 0 saturated heterocycles. The Bertz CT molecular complexity index is 372. The van der Waals surface area contributed by atoms with E-state index in [1.165, 1.54) is 0 Å². The summed E-state index contributed by atoms with van der Waals surface area (Å²) in [7, 11) is 3.61. The zero-order valence-electron chi connectivity index (χ0n) is 11.3. The summed E-state index contributed by atoms with van der Waals surface area (Å²) in [6.45, 7) is 4.80. The number of aromatic nitrogens is 3. The van der Waals surface area contributed by atoms with Gasteiger partial charge in [0.15, 0.2) is 0 Å². The number of hydrogen-bond acceptors (Lipinski definition) is 7. The summed E-state index contributed by atoms with van der Waals surface area (Å²) >= 11 is 0. The Morgan fingerprint density at radius 3 is 2.67 bits per heavy atom. The lowest BCUT2D eigenvalue weighted by molar-refractivity contribution is 0.186. The average molecular weight is 255 g/mol. The Morgan fingerprint density at radius 1 is 1.39 bits per heavy atom. The van der Waals surface area contributed by atoms with Crippen molar-refractivity contribution in [3.63, 3.8) is 0 Å². The van der Waals surface area contributed by atoms with Crippen LogP contribution in [-0.2, 0) is 0 Å². The molecule has 0 bridgehead atoms.